The van der Waals surface area contributed by atoms with E-state index >= 15 is 0 Å². The summed E-state index contributed by atoms with van der Waals surface area (Å²) in [6.45, 7) is 2.42. The minimum atomic E-state index is -0.148. The van der Waals surface area contributed by atoms with Crippen molar-refractivity contribution in [3.8, 4) is 11.5 Å². The van der Waals surface area contributed by atoms with Crippen LogP contribution in [0.5, 0.6) is 11.5 Å². The van der Waals surface area contributed by atoms with Crippen LogP contribution in [0.3, 0.4) is 0 Å². The van der Waals surface area contributed by atoms with Crippen LogP contribution in [0, 0.1) is 12.8 Å². The summed E-state index contributed by atoms with van der Waals surface area (Å²) in [5.41, 5.74) is 2.12. The van der Waals surface area contributed by atoms with Crippen LogP contribution in [-0.2, 0) is 11.4 Å². The maximum absolute atomic E-state index is 11.8. The molecule has 1 aliphatic rings. The van der Waals surface area contributed by atoms with Crippen LogP contribution >= 0.6 is 0 Å². The zero-order chi connectivity index (χ0) is 14.7. The summed E-state index contributed by atoms with van der Waals surface area (Å²) < 4.78 is 11.3. The molecule has 3 nitrogen and oxygen atoms in total. The average molecular weight is 282 g/mol. The lowest BCUT2D eigenvalue weighted by Gasteiger charge is -2.12. The molecule has 0 unspecified atom stereocenters. The molecule has 0 spiro atoms. The van der Waals surface area contributed by atoms with E-state index in [2.05, 4.69) is 0 Å². The second-order valence-corrected chi connectivity index (χ2v) is 5.42. The highest BCUT2D eigenvalue weighted by atomic mass is 16.6. The van der Waals surface area contributed by atoms with Crippen molar-refractivity contribution in [3.63, 3.8) is 0 Å². The van der Waals surface area contributed by atoms with Crippen LogP contribution in [0.2, 0.25) is 0 Å². The molecule has 1 saturated carbocycles. The molecule has 108 valence electrons. The van der Waals surface area contributed by atoms with Gasteiger partial charge in [-0.25, -0.2) is 0 Å². The summed E-state index contributed by atoms with van der Waals surface area (Å²) in [6.07, 6.45) is 1.87. The number of carbonyl (C=O) groups excluding carboxylic acids is 1. The van der Waals surface area contributed by atoms with Crippen molar-refractivity contribution >= 4 is 5.97 Å². The molecule has 0 bridgehead atoms. The van der Waals surface area contributed by atoms with Crippen LogP contribution in [0.15, 0.2) is 48.5 Å². The van der Waals surface area contributed by atoms with Gasteiger partial charge < -0.3 is 9.47 Å². The topological polar surface area (TPSA) is 35.5 Å². The summed E-state index contributed by atoms with van der Waals surface area (Å²) in [6, 6.07) is 15.6. The van der Waals surface area contributed by atoms with Gasteiger partial charge >= 0.3 is 5.97 Å². The highest BCUT2D eigenvalue weighted by Crippen LogP contribution is 2.34. The molecule has 0 N–H and O–H groups in total. The number of esters is 1. The molecule has 0 aromatic heterocycles. The summed E-state index contributed by atoms with van der Waals surface area (Å²) in [5.74, 6) is 1.05. The fourth-order valence-electron chi connectivity index (χ4n) is 2.06. The quantitative estimate of drug-likeness (QED) is 0.616. The Bertz CT molecular complexity index is 630. The lowest BCUT2D eigenvalue weighted by molar-refractivity contribution is -0.135. The van der Waals surface area contributed by atoms with Crippen LogP contribution < -0.4 is 9.47 Å². The molecule has 0 atom stereocenters. The maximum Gasteiger partial charge on any atom is 0.314 e. The van der Waals surface area contributed by atoms with Gasteiger partial charge in [0.2, 0.25) is 0 Å². The molecule has 0 radical (unpaired) electrons. The van der Waals surface area contributed by atoms with Gasteiger partial charge in [0.15, 0.2) is 11.5 Å². The molecule has 0 aliphatic heterocycles. The van der Waals surface area contributed by atoms with Crippen molar-refractivity contribution in [2.45, 2.75) is 26.4 Å². The average Bonchev–Trinajstić information content (AvgIpc) is 3.32. The van der Waals surface area contributed by atoms with Gasteiger partial charge in [0.05, 0.1) is 5.92 Å². The molecular weight excluding hydrogens is 264 g/mol. The number of ether oxygens (including phenoxy) is 2. The van der Waals surface area contributed by atoms with Crippen molar-refractivity contribution in [2.75, 3.05) is 0 Å². The smallest absolute Gasteiger partial charge is 0.314 e. The molecule has 0 heterocycles. The van der Waals surface area contributed by atoms with Gasteiger partial charge in [0.25, 0.3) is 0 Å². The summed E-state index contributed by atoms with van der Waals surface area (Å²) >= 11 is 0. The monoisotopic (exact) mass is 282 g/mol. The van der Waals surface area contributed by atoms with Crippen molar-refractivity contribution in [2.24, 2.45) is 5.92 Å². The van der Waals surface area contributed by atoms with Crippen molar-refractivity contribution in [1.29, 1.82) is 0 Å². The van der Waals surface area contributed by atoms with E-state index in [1.807, 2.05) is 55.5 Å². The van der Waals surface area contributed by atoms with Gasteiger partial charge in [-0.15, -0.1) is 0 Å². The van der Waals surface area contributed by atoms with Crippen molar-refractivity contribution < 1.29 is 14.3 Å². The van der Waals surface area contributed by atoms with Gasteiger partial charge in [0, 0.05) is 0 Å². The number of hydrogen-bond donors (Lipinski definition) is 0. The Kier molecular flexibility index (Phi) is 3.91. The van der Waals surface area contributed by atoms with Gasteiger partial charge in [-0.2, -0.15) is 0 Å². The third-order valence-corrected chi connectivity index (χ3v) is 3.46. The van der Waals surface area contributed by atoms with E-state index in [0.717, 1.165) is 24.0 Å². The van der Waals surface area contributed by atoms with E-state index in [0.29, 0.717) is 18.1 Å². The Hall–Kier alpha value is -2.29. The Morgan fingerprint density at radius 3 is 2.57 bits per heavy atom. The van der Waals surface area contributed by atoms with Crippen LogP contribution in [0.25, 0.3) is 0 Å². The molecule has 2 aromatic carbocycles. The first-order valence-electron chi connectivity index (χ1n) is 7.21. The Balaban J connectivity index is 1.72. The van der Waals surface area contributed by atoms with Crippen LogP contribution in [-0.4, -0.2) is 5.97 Å². The predicted molar refractivity (Wildman–Crippen MR) is 80.3 cm³/mol. The number of aryl methyl sites for hydroxylation is 1. The van der Waals surface area contributed by atoms with Crippen molar-refractivity contribution in [3.05, 3.63) is 59.7 Å². The van der Waals surface area contributed by atoms with E-state index < -0.39 is 0 Å². The zero-order valence-electron chi connectivity index (χ0n) is 12.0. The number of rotatable bonds is 5. The lowest BCUT2D eigenvalue weighted by Crippen LogP contribution is -2.11. The van der Waals surface area contributed by atoms with Gasteiger partial charge in [0.1, 0.15) is 6.61 Å². The second kappa shape index (κ2) is 6.00. The summed E-state index contributed by atoms with van der Waals surface area (Å²) in [5, 5.41) is 0. The summed E-state index contributed by atoms with van der Waals surface area (Å²) in [4.78, 5) is 11.8. The van der Waals surface area contributed by atoms with Crippen molar-refractivity contribution in [1.82, 2.24) is 0 Å². The molecule has 2 aromatic rings. The lowest BCUT2D eigenvalue weighted by atomic mass is 10.2. The zero-order valence-corrected chi connectivity index (χ0v) is 12.0. The first-order valence-corrected chi connectivity index (χ1v) is 7.21. The molecule has 1 fully saturated rings. The minimum absolute atomic E-state index is 0.0764. The molecule has 3 rings (SSSR count). The van der Waals surface area contributed by atoms with Gasteiger partial charge in [-0.3, -0.25) is 4.79 Å². The largest absolute Gasteiger partial charge is 0.485 e. The minimum Gasteiger partial charge on any atom is -0.485 e. The molecular formula is C18H18O3. The normalized spacial score (nSPS) is 13.8. The highest BCUT2D eigenvalue weighted by Gasteiger charge is 2.32. The van der Waals surface area contributed by atoms with Crippen LogP contribution in [0.4, 0.5) is 0 Å². The van der Waals surface area contributed by atoms with Crippen LogP contribution in [0.1, 0.15) is 24.0 Å². The SMILES string of the molecule is Cc1ccc(OCc2ccccc2)c(OC(=O)C2CC2)c1. The van der Waals surface area contributed by atoms with E-state index in [1.54, 1.807) is 0 Å². The Morgan fingerprint density at radius 2 is 1.86 bits per heavy atom. The number of benzene rings is 2. The molecule has 0 amide bonds. The fourth-order valence-corrected chi connectivity index (χ4v) is 2.06. The number of carbonyl (C=O) groups is 1. The summed E-state index contributed by atoms with van der Waals surface area (Å²) in [7, 11) is 0. The first kappa shape index (κ1) is 13.7. The second-order valence-electron chi connectivity index (χ2n) is 5.42. The maximum atomic E-state index is 11.8. The molecule has 3 heteroatoms. The van der Waals surface area contributed by atoms with Gasteiger partial charge in [-0.05, 0) is 43.0 Å². The molecule has 0 saturated heterocycles. The van der Waals surface area contributed by atoms with E-state index in [9.17, 15) is 4.79 Å². The fraction of sp³-hybridized carbons (Fsp3) is 0.278. The van der Waals surface area contributed by atoms with Gasteiger partial charge in [-0.1, -0.05) is 36.4 Å². The third-order valence-electron chi connectivity index (χ3n) is 3.46. The Labute approximate surface area is 124 Å². The van der Waals surface area contributed by atoms with E-state index in [1.165, 1.54) is 0 Å². The van der Waals surface area contributed by atoms with E-state index in [-0.39, 0.29) is 11.9 Å². The van der Waals surface area contributed by atoms with E-state index in [4.69, 9.17) is 9.47 Å². The standard InChI is InChI=1S/C18H18O3/c1-13-7-10-16(20-12-14-5-3-2-4-6-14)17(11-13)21-18(19)15-8-9-15/h2-7,10-11,15H,8-9,12H2,1H3. The Morgan fingerprint density at radius 1 is 1.10 bits per heavy atom. The molecule has 1 aliphatic carbocycles. The third kappa shape index (κ3) is 3.63. The highest BCUT2D eigenvalue weighted by molar-refractivity contribution is 5.78. The predicted octanol–water partition coefficient (Wildman–Crippen LogP) is 3.89. The first-order chi connectivity index (χ1) is 10.2. The number of hydrogen-bond acceptors (Lipinski definition) is 3. The molecule has 21 heavy (non-hydrogen) atoms.